The Labute approximate surface area is 102 Å². The van der Waals surface area contributed by atoms with Gasteiger partial charge in [0.2, 0.25) is 0 Å². The zero-order valence-corrected chi connectivity index (χ0v) is 10.1. The van der Waals surface area contributed by atoms with Gasteiger partial charge in [0.05, 0.1) is 0 Å². The number of carbonyl (C=O) groups is 1. The molecule has 2 fully saturated rings. The fourth-order valence-electron chi connectivity index (χ4n) is 3.87. The number of hydrogen-bond donors (Lipinski definition) is 1. The van der Waals surface area contributed by atoms with Crippen LogP contribution < -0.4 is 0 Å². The van der Waals surface area contributed by atoms with E-state index in [0.29, 0.717) is 18.3 Å². The van der Waals surface area contributed by atoms with E-state index in [0.717, 1.165) is 13.0 Å². The molecule has 1 N–H and O–H groups in total. The van der Waals surface area contributed by atoms with Gasteiger partial charge in [-0.1, -0.05) is 18.9 Å². The minimum Gasteiger partial charge on any atom is -0.479 e. The minimum atomic E-state index is -0.609. The summed E-state index contributed by atoms with van der Waals surface area (Å²) in [5, 5.41) is 9.53. The van der Waals surface area contributed by atoms with Crippen molar-refractivity contribution in [2.24, 2.45) is 11.8 Å². The summed E-state index contributed by atoms with van der Waals surface area (Å²) in [4.78, 5) is 13.7. The van der Waals surface area contributed by atoms with Gasteiger partial charge in [-0.05, 0) is 30.9 Å². The fraction of sp³-hybridized carbons (Fsp3) is 0.750. The average Bonchev–Trinajstić information content (AvgIpc) is 2.73. The highest BCUT2D eigenvalue weighted by molar-refractivity contribution is 5.85. The number of halogens is 1. The second-order valence-electron chi connectivity index (χ2n) is 5.12. The summed E-state index contributed by atoms with van der Waals surface area (Å²) < 4.78 is 0. The van der Waals surface area contributed by atoms with Crippen molar-refractivity contribution in [2.45, 2.75) is 37.6 Å². The molecule has 0 aromatic rings. The lowest BCUT2D eigenvalue weighted by molar-refractivity contribution is -0.150. The molecular formula is C12H18ClNO2. The van der Waals surface area contributed by atoms with Gasteiger partial charge in [0, 0.05) is 13.0 Å². The van der Waals surface area contributed by atoms with Crippen LogP contribution in [0.25, 0.3) is 0 Å². The second-order valence-corrected chi connectivity index (χ2v) is 5.12. The smallest absolute Gasteiger partial charge is 0.330 e. The van der Waals surface area contributed by atoms with E-state index in [1.54, 1.807) is 0 Å². The molecule has 3 nitrogen and oxygen atoms in total. The van der Waals surface area contributed by atoms with E-state index in [1.165, 1.54) is 19.3 Å². The van der Waals surface area contributed by atoms with Gasteiger partial charge in [0.25, 0.3) is 0 Å². The Bertz CT molecular complexity index is 331. The van der Waals surface area contributed by atoms with Gasteiger partial charge in [-0.15, -0.1) is 12.4 Å². The molecule has 2 heterocycles. The van der Waals surface area contributed by atoms with Gasteiger partial charge in [-0.3, -0.25) is 0 Å². The van der Waals surface area contributed by atoms with Crippen molar-refractivity contribution in [3.05, 3.63) is 12.3 Å². The Kier molecular flexibility index (Phi) is 2.91. The first kappa shape index (κ1) is 11.8. The lowest BCUT2D eigenvalue weighted by Gasteiger charge is -2.36. The number of fused-ring (bicyclic) bond motifs is 3. The Morgan fingerprint density at radius 3 is 2.88 bits per heavy atom. The zero-order chi connectivity index (χ0) is 10.5. The standard InChI is InChI=1S/C12H17NO2.ClH/c14-11(15)12-6-3-7-13(12)8-9-4-1-2-5-10(9)12;/h3,7,9-10H,1-2,4-6,8H2,(H,14,15);1H. The SMILES string of the molecule is Cl.O=C(O)C12CC=CN1CC1CCCCC12. The molecule has 3 atom stereocenters. The monoisotopic (exact) mass is 243 g/mol. The van der Waals surface area contributed by atoms with Gasteiger partial charge < -0.3 is 10.0 Å². The largest absolute Gasteiger partial charge is 0.479 e. The fourth-order valence-corrected chi connectivity index (χ4v) is 3.87. The lowest BCUT2D eigenvalue weighted by atomic mass is 9.71. The molecule has 0 amide bonds. The molecule has 0 aromatic heterocycles. The van der Waals surface area contributed by atoms with Crippen molar-refractivity contribution in [1.29, 1.82) is 0 Å². The van der Waals surface area contributed by atoms with E-state index < -0.39 is 11.5 Å². The number of rotatable bonds is 1. The van der Waals surface area contributed by atoms with E-state index in [2.05, 4.69) is 4.90 Å². The normalized spacial score (nSPS) is 40.1. The number of carboxylic acids is 1. The van der Waals surface area contributed by atoms with Crippen molar-refractivity contribution in [3.63, 3.8) is 0 Å². The zero-order valence-electron chi connectivity index (χ0n) is 9.26. The van der Waals surface area contributed by atoms with E-state index in [1.807, 2.05) is 12.3 Å². The molecule has 3 aliphatic rings. The molecule has 3 unspecified atom stereocenters. The average molecular weight is 244 g/mol. The van der Waals surface area contributed by atoms with Crippen LogP contribution in [0.15, 0.2) is 12.3 Å². The van der Waals surface area contributed by atoms with Crippen LogP contribution in [-0.4, -0.2) is 28.1 Å². The summed E-state index contributed by atoms with van der Waals surface area (Å²) in [5.74, 6) is 0.403. The highest BCUT2D eigenvalue weighted by atomic mass is 35.5. The van der Waals surface area contributed by atoms with Gasteiger partial charge in [0.15, 0.2) is 0 Å². The Morgan fingerprint density at radius 1 is 1.38 bits per heavy atom. The summed E-state index contributed by atoms with van der Waals surface area (Å²) in [6.45, 7) is 0.966. The molecule has 3 rings (SSSR count). The number of hydrogen-bond acceptors (Lipinski definition) is 2. The Hall–Kier alpha value is -0.700. The van der Waals surface area contributed by atoms with Gasteiger partial charge in [-0.25, -0.2) is 4.79 Å². The highest BCUT2D eigenvalue weighted by Crippen LogP contribution is 2.50. The van der Waals surface area contributed by atoms with Gasteiger partial charge >= 0.3 is 5.97 Å². The third-order valence-electron chi connectivity index (χ3n) is 4.55. The minimum absolute atomic E-state index is 0. The van der Waals surface area contributed by atoms with Crippen molar-refractivity contribution in [1.82, 2.24) is 4.90 Å². The third-order valence-corrected chi connectivity index (χ3v) is 4.55. The summed E-state index contributed by atoms with van der Waals surface area (Å²) in [6, 6.07) is 0. The molecular weight excluding hydrogens is 226 g/mol. The first-order valence-electron chi connectivity index (χ1n) is 5.92. The van der Waals surface area contributed by atoms with E-state index in [4.69, 9.17) is 0 Å². The number of nitrogens with zero attached hydrogens (tertiary/aromatic N) is 1. The molecule has 0 aromatic carbocycles. The summed E-state index contributed by atoms with van der Waals surface area (Å²) in [6.07, 6.45) is 9.58. The molecule has 90 valence electrons. The van der Waals surface area contributed by atoms with Crippen molar-refractivity contribution >= 4 is 18.4 Å². The first-order chi connectivity index (χ1) is 7.25. The second kappa shape index (κ2) is 3.95. The van der Waals surface area contributed by atoms with Crippen LogP contribution in [0, 0.1) is 11.8 Å². The van der Waals surface area contributed by atoms with Crippen LogP contribution >= 0.6 is 12.4 Å². The molecule has 1 saturated carbocycles. The van der Waals surface area contributed by atoms with E-state index in [9.17, 15) is 9.90 Å². The van der Waals surface area contributed by atoms with Crippen molar-refractivity contribution in [2.75, 3.05) is 6.54 Å². The number of aliphatic carboxylic acids is 1. The molecule has 4 heteroatoms. The maximum absolute atomic E-state index is 11.6. The topological polar surface area (TPSA) is 40.5 Å². The summed E-state index contributed by atoms with van der Waals surface area (Å²) in [7, 11) is 0. The van der Waals surface area contributed by atoms with Crippen LogP contribution in [-0.2, 0) is 4.79 Å². The van der Waals surface area contributed by atoms with Crippen LogP contribution in [0.5, 0.6) is 0 Å². The van der Waals surface area contributed by atoms with E-state index >= 15 is 0 Å². The molecule has 1 saturated heterocycles. The van der Waals surface area contributed by atoms with Crippen LogP contribution in [0.4, 0.5) is 0 Å². The highest BCUT2D eigenvalue weighted by Gasteiger charge is 2.58. The van der Waals surface area contributed by atoms with Crippen LogP contribution in [0.3, 0.4) is 0 Å². The predicted molar refractivity (Wildman–Crippen MR) is 63.5 cm³/mol. The number of carboxylic acid groups (broad SMARTS) is 1. The Balaban J connectivity index is 0.000000963. The molecule has 1 aliphatic carbocycles. The molecule has 16 heavy (non-hydrogen) atoms. The quantitative estimate of drug-likeness (QED) is 0.768. The van der Waals surface area contributed by atoms with Crippen LogP contribution in [0.2, 0.25) is 0 Å². The molecule has 0 bridgehead atoms. The molecule has 0 radical (unpaired) electrons. The lowest BCUT2D eigenvalue weighted by Crippen LogP contribution is -2.50. The predicted octanol–water partition coefficient (Wildman–Crippen LogP) is 2.27. The van der Waals surface area contributed by atoms with Crippen molar-refractivity contribution in [3.8, 4) is 0 Å². The molecule has 2 aliphatic heterocycles. The van der Waals surface area contributed by atoms with E-state index in [-0.39, 0.29) is 12.4 Å². The molecule has 0 spiro atoms. The van der Waals surface area contributed by atoms with Gasteiger partial charge in [0.1, 0.15) is 5.54 Å². The summed E-state index contributed by atoms with van der Waals surface area (Å²) in [5.41, 5.74) is -0.564. The van der Waals surface area contributed by atoms with Gasteiger partial charge in [-0.2, -0.15) is 0 Å². The Morgan fingerprint density at radius 2 is 2.12 bits per heavy atom. The first-order valence-corrected chi connectivity index (χ1v) is 5.92. The maximum Gasteiger partial charge on any atom is 0.330 e. The summed E-state index contributed by atoms with van der Waals surface area (Å²) >= 11 is 0. The third kappa shape index (κ3) is 1.30. The van der Waals surface area contributed by atoms with Crippen molar-refractivity contribution < 1.29 is 9.90 Å². The van der Waals surface area contributed by atoms with Crippen LogP contribution in [0.1, 0.15) is 32.1 Å². The maximum atomic E-state index is 11.6.